The number of aromatic nitrogens is 1. The van der Waals surface area contributed by atoms with Crippen LogP contribution in [0.5, 0.6) is 0 Å². The summed E-state index contributed by atoms with van der Waals surface area (Å²) in [7, 11) is 2.09. The van der Waals surface area contributed by atoms with Crippen LogP contribution in [0.4, 0.5) is 5.69 Å². The Labute approximate surface area is 136 Å². The van der Waals surface area contributed by atoms with Crippen molar-refractivity contribution >= 4 is 28.6 Å². The molecule has 0 spiro atoms. The van der Waals surface area contributed by atoms with Gasteiger partial charge in [-0.3, -0.25) is 0 Å². The number of aryl methyl sites for hydroxylation is 1. The third-order valence-corrected chi connectivity index (χ3v) is 4.28. The largest absolute Gasteiger partial charge is 0.368 e. The minimum atomic E-state index is 0.448. The summed E-state index contributed by atoms with van der Waals surface area (Å²) in [5, 5.41) is 7.45. The molecule has 1 aromatic heterocycles. The van der Waals surface area contributed by atoms with E-state index in [1.165, 1.54) is 11.3 Å². The van der Waals surface area contributed by atoms with E-state index in [1.807, 2.05) is 19.1 Å². The molecule has 1 N–H and O–H groups in total. The Morgan fingerprint density at radius 3 is 2.76 bits per heavy atom. The Balaban J connectivity index is 2.16. The molecule has 0 aliphatic rings. The van der Waals surface area contributed by atoms with Gasteiger partial charge in [0.2, 0.25) is 0 Å². The van der Waals surface area contributed by atoms with Gasteiger partial charge in [-0.15, -0.1) is 11.3 Å². The van der Waals surface area contributed by atoms with Crippen LogP contribution < -0.4 is 10.2 Å². The molecule has 114 valence electrons. The van der Waals surface area contributed by atoms with Gasteiger partial charge in [0.25, 0.3) is 0 Å². The smallest absolute Gasteiger partial charge is 0.0898 e. The second-order valence-corrected chi connectivity index (χ2v) is 7.02. The normalized spacial score (nSPS) is 11.1. The molecule has 21 heavy (non-hydrogen) atoms. The highest BCUT2D eigenvalue weighted by atomic mass is 35.5. The van der Waals surface area contributed by atoms with E-state index in [9.17, 15) is 0 Å². The standard InChI is InChI=1S/C16H22ClN3S/c1-11(2)18-8-13-7-14(17)5-6-16(13)20(4)9-15-10-21-12(3)19-15/h5-7,10-11,18H,8-9H2,1-4H3. The summed E-state index contributed by atoms with van der Waals surface area (Å²) in [6.45, 7) is 7.95. The van der Waals surface area contributed by atoms with Crippen molar-refractivity contribution in [3.05, 3.63) is 44.9 Å². The predicted octanol–water partition coefficient (Wildman–Crippen LogP) is 4.24. The number of nitrogens with zero attached hydrogens (tertiary/aromatic N) is 2. The fourth-order valence-corrected chi connectivity index (χ4v) is 2.99. The van der Waals surface area contributed by atoms with E-state index in [1.54, 1.807) is 11.3 Å². The molecule has 2 rings (SSSR count). The van der Waals surface area contributed by atoms with E-state index >= 15 is 0 Å². The number of hydrogen-bond acceptors (Lipinski definition) is 4. The lowest BCUT2D eigenvalue weighted by Gasteiger charge is -2.22. The van der Waals surface area contributed by atoms with E-state index in [0.29, 0.717) is 6.04 Å². The summed E-state index contributed by atoms with van der Waals surface area (Å²) in [5.41, 5.74) is 3.52. The average molecular weight is 324 g/mol. The average Bonchev–Trinajstić information content (AvgIpc) is 2.81. The van der Waals surface area contributed by atoms with E-state index in [4.69, 9.17) is 11.6 Å². The molecule has 0 bridgehead atoms. The summed E-state index contributed by atoms with van der Waals surface area (Å²) in [6, 6.07) is 6.51. The molecular weight excluding hydrogens is 302 g/mol. The Hall–Kier alpha value is -1.10. The van der Waals surface area contributed by atoms with Crippen molar-refractivity contribution in [1.29, 1.82) is 0 Å². The fourth-order valence-electron chi connectivity index (χ4n) is 2.19. The lowest BCUT2D eigenvalue weighted by atomic mass is 10.1. The molecule has 0 atom stereocenters. The molecule has 0 amide bonds. The van der Waals surface area contributed by atoms with Crippen molar-refractivity contribution in [1.82, 2.24) is 10.3 Å². The van der Waals surface area contributed by atoms with Crippen LogP contribution in [-0.4, -0.2) is 18.1 Å². The van der Waals surface area contributed by atoms with Gasteiger partial charge in [-0.2, -0.15) is 0 Å². The molecule has 0 radical (unpaired) electrons. The molecule has 0 saturated heterocycles. The molecule has 0 fully saturated rings. The Bertz CT molecular complexity index is 595. The Morgan fingerprint density at radius 1 is 1.38 bits per heavy atom. The summed E-state index contributed by atoms with van der Waals surface area (Å²) >= 11 is 7.83. The van der Waals surface area contributed by atoms with Gasteiger partial charge in [-0.1, -0.05) is 25.4 Å². The van der Waals surface area contributed by atoms with Crippen LogP contribution in [0.3, 0.4) is 0 Å². The fraction of sp³-hybridized carbons (Fsp3) is 0.438. The summed E-state index contributed by atoms with van der Waals surface area (Å²) in [5.74, 6) is 0. The number of hydrogen-bond donors (Lipinski definition) is 1. The first kappa shape index (κ1) is 16.3. The number of anilines is 1. The molecule has 0 unspecified atom stereocenters. The highest BCUT2D eigenvalue weighted by Gasteiger charge is 2.10. The zero-order chi connectivity index (χ0) is 15.4. The third-order valence-electron chi connectivity index (χ3n) is 3.22. The van der Waals surface area contributed by atoms with E-state index in [0.717, 1.165) is 28.8 Å². The summed E-state index contributed by atoms with van der Waals surface area (Å²) in [4.78, 5) is 6.76. The number of rotatable bonds is 6. The van der Waals surface area contributed by atoms with Crippen molar-refractivity contribution in [2.45, 2.75) is 39.9 Å². The maximum Gasteiger partial charge on any atom is 0.0898 e. The van der Waals surface area contributed by atoms with Gasteiger partial charge in [0.15, 0.2) is 0 Å². The van der Waals surface area contributed by atoms with Crippen LogP contribution in [0.25, 0.3) is 0 Å². The molecule has 0 aliphatic carbocycles. The molecule has 5 heteroatoms. The number of nitrogens with one attached hydrogen (secondary N) is 1. The van der Waals surface area contributed by atoms with Gasteiger partial charge in [-0.25, -0.2) is 4.98 Å². The molecule has 0 saturated carbocycles. The van der Waals surface area contributed by atoms with Crippen LogP contribution in [0.2, 0.25) is 5.02 Å². The van der Waals surface area contributed by atoms with Gasteiger partial charge in [0, 0.05) is 35.7 Å². The number of benzene rings is 1. The third kappa shape index (κ3) is 4.70. The zero-order valence-electron chi connectivity index (χ0n) is 13.0. The highest BCUT2D eigenvalue weighted by Crippen LogP contribution is 2.25. The molecule has 0 aliphatic heterocycles. The van der Waals surface area contributed by atoms with Gasteiger partial charge < -0.3 is 10.2 Å². The molecular formula is C16H22ClN3S. The SMILES string of the molecule is Cc1nc(CN(C)c2ccc(Cl)cc2CNC(C)C)cs1. The van der Waals surface area contributed by atoms with E-state index < -0.39 is 0 Å². The van der Waals surface area contributed by atoms with Crippen LogP contribution in [-0.2, 0) is 13.1 Å². The Morgan fingerprint density at radius 2 is 2.14 bits per heavy atom. The van der Waals surface area contributed by atoms with Crippen LogP contribution in [0.15, 0.2) is 23.6 Å². The van der Waals surface area contributed by atoms with Crippen molar-refractivity contribution in [2.75, 3.05) is 11.9 Å². The van der Waals surface area contributed by atoms with Crippen molar-refractivity contribution in [2.24, 2.45) is 0 Å². The zero-order valence-corrected chi connectivity index (χ0v) is 14.6. The van der Waals surface area contributed by atoms with Crippen LogP contribution >= 0.6 is 22.9 Å². The quantitative estimate of drug-likeness (QED) is 0.861. The van der Waals surface area contributed by atoms with Crippen LogP contribution in [0.1, 0.15) is 30.1 Å². The lowest BCUT2D eigenvalue weighted by Crippen LogP contribution is -2.24. The van der Waals surface area contributed by atoms with Crippen molar-refractivity contribution < 1.29 is 0 Å². The maximum atomic E-state index is 6.14. The predicted molar refractivity (Wildman–Crippen MR) is 92.4 cm³/mol. The first-order chi connectivity index (χ1) is 9.95. The molecule has 2 aromatic rings. The van der Waals surface area contributed by atoms with E-state index in [2.05, 4.69) is 47.5 Å². The first-order valence-corrected chi connectivity index (χ1v) is 8.35. The Kier molecular flexibility index (Phi) is 5.62. The van der Waals surface area contributed by atoms with Crippen molar-refractivity contribution in [3.63, 3.8) is 0 Å². The second kappa shape index (κ2) is 7.25. The second-order valence-electron chi connectivity index (χ2n) is 5.52. The van der Waals surface area contributed by atoms with Gasteiger partial charge >= 0.3 is 0 Å². The van der Waals surface area contributed by atoms with Crippen molar-refractivity contribution in [3.8, 4) is 0 Å². The maximum absolute atomic E-state index is 6.14. The minimum absolute atomic E-state index is 0.448. The van der Waals surface area contributed by atoms with Crippen LogP contribution in [0, 0.1) is 6.92 Å². The van der Waals surface area contributed by atoms with Gasteiger partial charge in [-0.05, 0) is 30.7 Å². The topological polar surface area (TPSA) is 28.2 Å². The number of halogens is 1. The van der Waals surface area contributed by atoms with E-state index in [-0.39, 0.29) is 0 Å². The number of thiazole rings is 1. The van der Waals surface area contributed by atoms with Gasteiger partial charge in [0.05, 0.1) is 17.2 Å². The molecule has 1 heterocycles. The summed E-state index contributed by atoms with van der Waals surface area (Å²) < 4.78 is 0. The van der Waals surface area contributed by atoms with Gasteiger partial charge in [0.1, 0.15) is 0 Å². The monoisotopic (exact) mass is 323 g/mol. The summed E-state index contributed by atoms with van der Waals surface area (Å²) in [6.07, 6.45) is 0. The molecule has 1 aromatic carbocycles. The first-order valence-electron chi connectivity index (χ1n) is 7.09. The lowest BCUT2D eigenvalue weighted by molar-refractivity contribution is 0.588. The highest BCUT2D eigenvalue weighted by molar-refractivity contribution is 7.09. The molecule has 3 nitrogen and oxygen atoms in total. The minimum Gasteiger partial charge on any atom is -0.368 e.